The predicted molar refractivity (Wildman–Crippen MR) is 87.5 cm³/mol. The first kappa shape index (κ1) is 15.5. The Morgan fingerprint density at radius 1 is 1.21 bits per heavy atom. The molecule has 1 aliphatic carbocycles. The van der Waals surface area contributed by atoms with Crippen LogP contribution in [-0.2, 0) is 13.1 Å². The molecule has 1 saturated heterocycles. The van der Waals surface area contributed by atoms with Gasteiger partial charge < -0.3 is 4.52 Å². The van der Waals surface area contributed by atoms with Crippen LogP contribution in [-0.4, -0.2) is 37.9 Å². The molecule has 0 N–H and O–H groups in total. The lowest BCUT2D eigenvalue weighted by molar-refractivity contribution is 0.159. The van der Waals surface area contributed by atoms with Gasteiger partial charge in [0, 0.05) is 18.5 Å². The third kappa shape index (κ3) is 3.56. The molecule has 0 spiro atoms. The molecule has 2 aromatic heterocycles. The second-order valence-corrected chi connectivity index (χ2v) is 7.04. The van der Waals surface area contributed by atoms with E-state index in [1.54, 1.807) is 16.8 Å². The van der Waals surface area contributed by atoms with Crippen molar-refractivity contribution in [2.75, 3.05) is 13.1 Å². The highest BCUT2D eigenvalue weighted by molar-refractivity contribution is 5.02. The molecule has 0 bridgehead atoms. The zero-order chi connectivity index (χ0) is 16.5. The van der Waals surface area contributed by atoms with Crippen molar-refractivity contribution < 1.29 is 4.52 Å². The monoisotopic (exact) mass is 329 g/mol. The summed E-state index contributed by atoms with van der Waals surface area (Å²) in [5.74, 6) is 2.62. The van der Waals surface area contributed by atoms with E-state index in [9.17, 15) is 4.79 Å². The van der Waals surface area contributed by atoms with E-state index in [1.165, 1.54) is 12.8 Å². The zero-order valence-corrected chi connectivity index (χ0v) is 14.0. The Morgan fingerprint density at radius 2 is 2.00 bits per heavy atom. The van der Waals surface area contributed by atoms with Crippen LogP contribution in [0.4, 0.5) is 0 Å². The van der Waals surface area contributed by atoms with E-state index in [-0.39, 0.29) is 5.56 Å². The molecule has 7 nitrogen and oxygen atoms in total. The van der Waals surface area contributed by atoms with Crippen LogP contribution in [0, 0.1) is 12.8 Å². The van der Waals surface area contributed by atoms with Gasteiger partial charge in [0.2, 0.25) is 5.89 Å². The van der Waals surface area contributed by atoms with Crippen molar-refractivity contribution in [1.82, 2.24) is 24.8 Å². The van der Waals surface area contributed by atoms with Crippen molar-refractivity contribution in [3.63, 3.8) is 0 Å². The van der Waals surface area contributed by atoms with Crippen molar-refractivity contribution >= 4 is 0 Å². The highest BCUT2D eigenvalue weighted by atomic mass is 16.5. The highest BCUT2D eigenvalue weighted by Crippen LogP contribution is 2.38. The Balaban J connectivity index is 1.29. The molecule has 0 amide bonds. The third-order valence-corrected chi connectivity index (χ3v) is 4.91. The maximum Gasteiger partial charge on any atom is 0.266 e. The molecule has 0 radical (unpaired) electrons. The van der Waals surface area contributed by atoms with Crippen molar-refractivity contribution in [3.8, 4) is 0 Å². The number of likely N-dealkylation sites (tertiary alicyclic amines) is 1. The maximum atomic E-state index is 11.9. The molecule has 0 unspecified atom stereocenters. The van der Waals surface area contributed by atoms with Gasteiger partial charge in [-0.15, -0.1) is 0 Å². The molecule has 4 rings (SSSR count). The molecule has 0 atom stereocenters. The number of piperidine rings is 1. The van der Waals surface area contributed by atoms with E-state index < -0.39 is 0 Å². The van der Waals surface area contributed by atoms with Crippen molar-refractivity contribution in [2.24, 2.45) is 5.92 Å². The average Bonchev–Trinajstić information content (AvgIpc) is 3.33. The van der Waals surface area contributed by atoms with Crippen LogP contribution in [0.3, 0.4) is 0 Å². The lowest BCUT2D eigenvalue weighted by Gasteiger charge is -2.31. The van der Waals surface area contributed by atoms with Crippen LogP contribution < -0.4 is 5.56 Å². The minimum Gasteiger partial charge on any atom is -0.339 e. The molecule has 1 aliphatic heterocycles. The summed E-state index contributed by atoms with van der Waals surface area (Å²) in [6.45, 7) is 5.38. The average molecular weight is 329 g/mol. The van der Waals surface area contributed by atoms with Gasteiger partial charge in [-0.3, -0.25) is 9.69 Å². The van der Waals surface area contributed by atoms with E-state index in [4.69, 9.17) is 4.52 Å². The summed E-state index contributed by atoms with van der Waals surface area (Å²) >= 11 is 0. The molecule has 1 saturated carbocycles. The van der Waals surface area contributed by atoms with E-state index in [2.05, 4.69) is 20.1 Å². The number of aryl methyl sites for hydroxylation is 1. The van der Waals surface area contributed by atoms with Gasteiger partial charge in [0.1, 0.15) is 0 Å². The summed E-state index contributed by atoms with van der Waals surface area (Å²) < 4.78 is 6.93. The zero-order valence-electron chi connectivity index (χ0n) is 14.0. The summed E-state index contributed by atoms with van der Waals surface area (Å²) in [6, 6.07) is 3.37. The smallest absolute Gasteiger partial charge is 0.266 e. The highest BCUT2D eigenvalue weighted by Gasteiger charge is 2.30. The standard InChI is InChI=1S/C17H23N5O2/c1-12-2-5-16(23)22(19-12)10-13-6-8-21(9-7-13)11-15-18-17(24-20-15)14-3-4-14/h2,5,13-14H,3-4,6-11H2,1H3. The number of hydrogen-bond acceptors (Lipinski definition) is 6. The fourth-order valence-corrected chi connectivity index (χ4v) is 3.28. The van der Waals surface area contributed by atoms with Gasteiger partial charge >= 0.3 is 0 Å². The second kappa shape index (κ2) is 6.47. The molecule has 128 valence electrons. The Hall–Kier alpha value is -2.02. The SMILES string of the molecule is Cc1ccc(=O)n(CC2CCN(Cc3noc(C4CC4)n3)CC2)n1. The van der Waals surface area contributed by atoms with Crippen molar-refractivity contribution in [1.29, 1.82) is 0 Å². The Morgan fingerprint density at radius 3 is 2.75 bits per heavy atom. The lowest BCUT2D eigenvalue weighted by Crippen LogP contribution is -2.36. The maximum absolute atomic E-state index is 11.9. The van der Waals surface area contributed by atoms with Gasteiger partial charge in [-0.05, 0) is 57.7 Å². The second-order valence-electron chi connectivity index (χ2n) is 7.04. The summed E-state index contributed by atoms with van der Waals surface area (Å²) in [6.07, 6.45) is 4.49. The molecule has 2 aromatic rings. The van der Waals surface area contributed by atoms with Gasteiger partial charge in [-0.25, -0.2) is 4.68 Å². The molecular weight excluding hydrogens is 306 g/mol. The number of hydrogen-bond donors (Lipinski definition) is 0. The molecule has 7 heteroatoms. The molecule has 3 heterocycles. The van der Waals surface area contributed by atoms with E-state index >= 15 is 0 Å². The normalized spacial score (nSPS) is 19.7. The van der Waals surface area contributed by atoms with Crippen LogP contribution >= 0.6 is 0 Å². The first-order valence-electron chi connectivity index (χ1n) is 8.77. The molecule has 2 fully saturated rings. The van der Waals surface area contributed by atoms with Gasteiger partial charge in [0.25, 0.3) is 5.56 Å². The van der Waals surface area contributed by atoms with Gasteiger partial charge in [-0.2, -0.15) is 10.1 Å². The fourth-order valence-electron chi connectivity index (χ4n) is 3.28. The quantitative estimate of drug-likeness (QED) is 0.831. The first-order chi connectivity index (χ1) is 11.7. The van der Waals surface area contributed by atoms with Crippen LogP contribution in [0.2, 0.25) is 0 Å². The van der Waals surface area contributed by atoms with E-state index in [0.717, 1.165) is 49.9 Å². The van der Waals surface area contributed by atoms with Crippen LogP contribution in [0.5, 0.6) is 0 Å². The fraction of sp³-hybridized carbons (Fsp3) is 0.647. The summed E-state index contributed by atoms with van der Waals surface area (Å²) in [5.41, 5.74) is 0.873. The van der Waals surface area contributed by atoms with Crippen LogP contribution in [0.25, 0.3) is 0 Å². The molecular formula is C17H23N5O2. The molecule has 2 aliphatic rings. The Labute approximate surface area is 140 Å². The minimum atomic E-state index is -0.0116. The molecule has 0 aromatic carbocycles. The Kier molecular flexibility index (Phi) is 4.18. The van der Waals surface area contributed by atoms with Gasteiger partial charge in [0.15, 0.2) is 5.82 Å². The lowest BCUT2D eigenvalue weighted by atomic mass is 9.97. The van der Waals surface area contributed by atoms with Crippen molar-refractivity contribution in [2.45, 2.75) is 51.6 Å². The third-order valence-electron chi connectivity index (χ3n) is 4.91. The summed E-state index contributed by atoms with van der Waals surface area (Å²) in [7, 11) is 0. The number of rotatable bonds is 5. The van der Waals surface area contributed by atoms with Gasteiger partial charge in [0.05, 0.1) is 12.2 Å². The molecule has 24 heavy (non-hydrogen) atoms. The van der Waals surface area contributed by atoms with E-state index in [1.807, 2.05) is 6.92 Å². The number of nitrogens with zero attached hydrogens (tertiary/aromatic N) is 5. The first-order valence-corrected chi connectivity index (χ1v) is 8.77. The Bertz CT molecular complexity index is 756. The summed E-state index contributed by atoms with van der Waals surface area (Å²) in [4.78, 5) is 18.7. The largest absolute Gasteiger partial charge is 0.339 e. The minimum absolute atomic E-state index is 0.0116. The topological polar surface area (TPSA) is 77.0 Å². The number of aromatic nitrogens is 4. The van der Waals surface area contributed by atoms with Gasteiger partial charge in [-0.1, -0.05) is 5.16 Å². The van der Waals surface area contributed by atoms with Crippen molar-refractivity contribution in [3.05, 3.63) is 39.9 Å². The summed E-state index contributed by atoms with van der Waals surface area (Å²) in [5, 5.41) is 8.43. The van der Waals surface area contributed by atoms with Crippen LogP contribution in [0.15, 0.2) is 21.5 Å². The van der Waals surface area contributed by atoms with E-state index in [0.29, 0.717) is 18.4 Å². The van der Waals surface area contributed by atoms with Crippen LogP contribution in [0.1, 0.15) is 49.0 Å². The predicted octanol–water partition coefficient (Wildman–Crippen LogP) is 1.72.